The van der Waals surface area contributed by atoms with Crippen LogP contribution >= 0.6 is 0 Å². The van der Waals surface area contributed by atoms with Gasteiger partial charge in [-0.3, -0.25) is 4.79 Å². The summed E-state index contributed by atoms with van der Waals surface area (Å²) in [5.74, 6) is 0.778. The standard InChI is InChI=1S/C16H15NO2/c1-3-15-12(8-9-19-15)16(18)13-10-17(2)14-7-5-4-6-11(13)14/h4-10H,3H2,1-2H3. The molecule has 0 bridgehead atoms. The molecule has 1 aromatic carbocycles. The molecule has 0 atom stereocenters. The van der Waals surface area contributed by atoms with Gasteiger partial charge in [0.2, 0.25) is 0 Å². The molecule has 0 unspecified atom stereocenters. The summed E-state index contributed by atoms with van der Waals surface area (Å²) in [5, 5.41) is 0.984. The van der Waals surface area contributed by atoms with Crippen molar-refractivity contribution in [2.75, 3.05) is 0 Å². The van der Waals surface area contributed by atoms with Gasteiger partial charge in [-0.2, -0.15) is 0 Å². The van der Waals surface area contributed by atoms with Crippen LogP contribution in [0, 0.1) is 0 Å². The molecule has 96 valence electrons. The highest BCUT2D eigenvalue weighted by molar-refractivity contribution is 6.16. The molecule has 0 saturated heterocycles. The molecular formula is C16H15NO2. The van der Waals surface area contributed by atoms with Crippen LogP contribution in [0.3, 0.4) is 0 Å². The minimum Gasteiger partial charge on any atom is -0.469 e. The van der Waals surface area contributed by atoms with Crippen molar-refractivity contribution in [2.45, 2.75) is 13.3 Å². The summed E-state index contributed by atoms with van der Waals surface area (Å²) in [4.78, 5) is 12.6. The molecule has 0 fully saturated rings. The highest BCUT2D eigenvalue weighted by atomic mass is 16.3. The number of nitrogens with zero attached hydrogens (tertiary/aromatic N) is 1. The first-order valence-corrected chi connectivity index (χ1v) is 6.37. The van der Waals surface area contributed by atoms with E-state index in [0.29, 0.717) is 5.56 Å². The largest absolute Gasteiger partial charge is 0.469 e. The van der Waals surface area contributed by atoms with Gasteiger partial charge in [-0.05, 0) is 12.1 Å². The van der Waals surface area contributed by atoms with Crippen molar-refractivity contribution in [2.24, 2.45) is 7.05 Å². The number of para-hydroxylation sites is 1. The van der Waals surface area contributed by atoms with Gasteiger partial charge in [0.1, 0.15) is 5.76 Å². The van der Waals surface area contributed by atoms with Crippen LogP contribution in [0.5, 0.6) is 0 Å². The predicted molar refractivity (Wildman–Crippen MR) is 74.4 cm³/mol. The first-order chi connectivity index (χ1) is 9.22. The molecular weight excluding hydrogens is 238 g/mol. The molecule has 0 spiro atoms. The molecule has 0 saturated carbocycles. The van der Waals surface area contributed by atoms with Gasteiger partial charge >= 0.3 is 0 Å². The van der Waals surface area contributed by atoms with Gasteiger partial charge in [0.25, 0.3) is 0 Å². The van der Waals surface area contributed by atoms with Gasteiger partial charge in [0, 0.05) is 36.1 Å². The average Bonchev–Trinajstić information content (AvgIpc) is 3.03. The van der Waals surface area contributed by atoms with E-state index in [1.54, 1.807) is 12.3 Å². The third-order valence-electron chi connectivity index (χ3n) is 3.45. The molecule has 19 heavy (non-hydrogen) atoms. The monoisotopic (exact) mass is 253 g/mol. The van der Waals surface area contributed by atoms with Crippen LogP contribution in [0.15, 0.2) is 47.2 Å². The Bertz CT molecular complexity index is 749. The number of carbonyl (C=O) groups is 1. The highest BCUT2D eigenvalue weighted by Crippen LogP contribution is 2.24. The molecule has 3 heteroatoms. The van der Waals surface area contributed by atoms with Crippen molar-refractivity contribution >= 4 is 16.7 Å². The summed E-state index contributed by atoms with van der Waals surface area (Å²) in [5.41, 5.74) is 2.46. The van der Waals surface area contributed by atoms with Crippen LogP contribution in [0.1, 0.15) is 28.6 Å². The van der Waals surface area contributed by atoms with Gasteiger partial charge in [-0.25, -0.2) is 0 Å². The molecule has 0 N–H and O–H groups in total. The number of hydrogen-bond donors (Lipinski definition) is 0. The Morgan fingerprint density at radius 3 is 2.79 bits per heavy atom. The van der Waals surface area contributed by atoms with Crippen molar-refractivity contribution in [1.29, 1.82) is 0 Å². The van der Waals surface area contributed by atoms with Gasteiger partial charge in [0.15, 0.2) is 5.78 Å². The van der Waals surface area contributed by atoms with E-state index in [9.17, 15) is 4.79 Å². The zero-order chi connectivity index (χ0) is 13.4. The smallest absolute Gasteiger partial charge is 0.198 e. The number of benzene rings is 1. The maximum absolute atomic E-state index is 12.6. The zero-order valence-electron chi connectivity index (χ0n) is 11.0. The lowest BCUT2D eigenvalue weighted by atomic mass is 10.0. The molecule has 2 aromatic heterocycles. The number of carbonyl (C=O) groups excluding carboxylic acids is 1. The molecule has 0 radical (unpaired) electrons. The number of aromatic nitrogens is 1. The Morgan fingerprint density at radius 1 is 1.21 bits per heavy atom. The second-order valence-electron chi connectivity index (χ2n) is 4.61. The third kappa shape index (κ3) is 1.78. The third-order valence-corrected chi connectivity index (χ3v) is 3.45. The van der Waals surface area contributed by atoms with Crippen LogP contribution in [-0.2, 0) is 13.5 Å². The van der Waals surface area contributed by atoms with Gasteiger partial charge < -0.3 is 8.98 Å². The van der Waals surface area contributed by atoms with E-state index in [-0.39, 0.29) is 5.78 Å². The topological polar surface area (TPSA) is 35.1 Å². The van der Waals surface area contributed by atoms with E-state index in [4.69, 9.17) is 4.42 Å². The van der Waals surface area contributed by atoms with E-state index in [2.05, 4.69) is 0 Å². The predicted octanol–water partition coefficient (Wildman–Crippen LogP) is 3.56. The van der Waals surface area contributed by atoms with Crippen LogP contribution in [0.2, 0.25) is 0 Å². The second-order valence-corrected chi connectivity index (χ2v) is 4.61. The van der Waals surface area contributed by atoms with Gasteiger partial charge in [-0.15, -0.1) is 0 Å². The van der Waals surface area contributed by atoms with Crippen LogP contribution in [-0.4, -0.2) is 10.4 Å². The summed E-state index contributed by atoms with van der Waals surface area (Å²) in [6, 6.07) is 9.68. The fourth-order valence-electron chi connectivity index (χ4n) is 2.48. The van der Waals surface area contributed by atoms with Crippen molar-refractivity contribution in [3.63, 3.8) is 0 Å². The Hall–Kier alpha value is -2.29. The number of fused-ring (bicyclic) bond motifs is 1. The maximum Gasteiger partial charge on any atom is 0.198 e. The normalized spacial score (nSPS) is 11.1. The van der Waals surface area contributed by atoms with Gasteiger partial charge in [0.05, 0.1) is 11.8 Å². The van der Waals surface area contributed by atoms with E-state index < -0.39 is 0 Å². The summed E-state index contributed by atoms with van der Waals surface area (Å²) >= 11 is 0. The second kappa shape index (κ2) is 4.43. The minimum atomic E-state index is 0.0300. The van der Waals surface area contributed by atoms with Crippen molar-refractivity contribution in [1.82, 2.24) is 4.57 Å². The number of ketones is 1. The number of hydrogen-bond acceptors (Lipinski definition) is 2. The SMILES string of the molecule is CCc1occc1C(=O)c1cn(C)c2ccccc12. The van der Waals surface area contributed by atoms with E-state index in [1.165, 1.54) is 0 Å². The van der Waals surface area contributed by atoms with Crippen LogP contribution < -0.4 is 0 Å². The zero-order valence-corrected chi connectivity index (χ0v) is 11.0. The first kappa shape index (κ1) is 11.8. The molecule has 0 amide bonds. The summed E-state index contributed by atoms with van der Waals surface area (Å²) in [6.45, 7) is 1.98. The fraction of sp³-hybridized carbons (Fsp3) is 0.188. The fourth-order valence-corrected chi connectivity index (χ4v) is 2.48. The van der Waals surface area contributed by atoms with Crippen molar-refractivity contribution in [3.05, 3.63) is 59.7 Å². The summed E-state index contributed by atoms with van der Waals surface area (Å²) in [6.07, 6.45) is 4.19. The lowest BCUT2D eigenvalue weighted by Gasteiger charge is -1.99. The maximum atomic E-state index is 12.6. The Kier molecular flexibility index (Phi) is 2.75. The first-order valence-electron chi connectivity index (χ1n) is 6.37. The lowest BCUT2D eigenvalue weighted by molar-refractivity contribution is 0.103. The van der Waals surface area contributed by atoms with Gasteiger partial charge in [-0.1, -0.05) is 25.1 Å². The van der Waals surface area contributed by atoms with Crippen LogP contribution in [0.4, 0.5) is 0 Å². The molecule has 3 nitrogen and oxygen atoms in total. The Morgan fingerprint density at radius 2 is 2.00 bits per heavy atom. The number of furan rings is 1. The molecule has 2 heterocycles. The van der Waals surface area contributed by atoms with Crippen LogP contribution in [0.25, 0.3) is 10.9 Å². The minimum absolute atomic E-state index is 0.0300. The highest BCUT2D eigenvalue weighted by Gasteiger charge is 2.19. The van der Waals surface area contributed by atoms with E-state index >= 15 is 0 Å². The number of rotatable bonds is 3. The van der Waals surface area contributed by atoms with E-state index in [1.807, 2.05) is 49.0 Å². The summed E-state index contributed by atoms with van der Waals surface area (Å²) in [7, 11) is 1.95. The number of aryl methyl sites for hydroxylation is 2. The quantitative estimate of drug-likeness (QED) is 0.669. The molecule has 0 aliphatic heterocycles. The molecule has 0 aliphatic carbocycles. The lowest BCUT2D eigenvalue weighted by Crippen LogP contribution is -2.02. The Balaban J connectivity index is 2.17. The van der Waals surface area contributed by atoms with Crippen molar-refractivity contribution in [3.8, 4) is 0 Å². The molecule has 0 aliphatic rings. The molecule has 3 rings (SSSR count). The average molecular weight is 253 g/mol. The molecule has 3 aromatic rings. The van der Waals surface area contributed by atoms with Crippen molar-refractivity contribution < 1.29 is 9.21 Å². The summed E-state index contributed by atoms with van der Waals surface area (Å²) < 4.78 is 7.33. The van der Waals surface area contributed by atoms with E-state index in [0.717, 1.165) is 28.6 Å². The Labute approximate surface area is 111 Å².